The number of benzene rings is 1. The van der Waals surface area contributed by atoms with Gasteiger partial charge in [-0.25, -0.2) is 4.63 Å². The molecule has 1 N–H and O–H groups in total. The van der Waals surface area contributed by atoms with Gasteiger partial charge in [-0.15, -0.1) is 0 Å². The minimum absolute atomic E-state index is 0.228. The second-order valence-electron chi connectivity index (χ2n) is 2.68. The third kappa shape index (κ3) is 0.672. The van der Waals surface area contributed by atoms with Gasteiger partial charge >= 0.3 is 5.52 Å². The Labute approximate surface area is 74.4 Å². The van der Waals surface area contributed by atoms with E-state index >= 15 is 0 Å². The maximum atomic E-state index is 11.0. The average molecular weight is 195 g/mol. The summed E-state index contributed by atoms with van der Waals surface area (Å²) in [5.74, 6) is 0. The summed E-state index contributed by atoms with van der Waals surface area (Å²) in [4.78, 5) is 11.5. The SMILES string of the molecule is O=[n+]1onc2c3non(O)c3ccc21. The van der Waals surface area contributed by atoms with Crippen molar-refractivity contribution in [2.45, 2.75) is 0 Å². The standard InChI is InChI=1S/C6H3N4O4/c11-9-3-1-2-4-6(5(3)7-13-9)8-14-10(4)12/h1-2,11H/q+1. The van der Waals surface area contributed by atoms with Gasteiger partial charge in [0.05, 0.1) is 0 Å². The van der Waals surface area contributed by atoms with Crippen LogP contribution in [0.15, 0.2) is 21.4 Å². The molecule has 8 heteroatoms. The van der Waals surface area contributed by atoms with Crippen LogP contribution in [0.2, 0.25) is 0 Å². The highest BCUT2D eigenvalue weighted by molar-refractivity contribution is 5.97. The summed E-state index contributed by atoms with van der Waals surface area (Å²) in [7, 11) is 0. The Morgan fingerprint density at radius 1 is 1.36 bits per heavy atom. The van der Waals surface area contributed by atoms with Crippen LogP contribution < -0.4 is 4.60 Å². The molecule has 2 heterocycles. The number of nitrogens with zero attached hydrogens (tertiary/aromatic N) is 4. The number of fused-ring (bicyclic) bond motifs is 3. The van der Waals surface area contributed by atoms with Crippen LogP contribution in [0.3, 0.4) is 0 Å². The van der Waals surface area contributed by atoms with Crippen LogP contribution in [0.5, 0.6) is 0 Å². The zero-order valence-electron chi connectivity index (χ0n) is 6.62. The van der Waals surface area contributed by atoms with Crippen molar-refractivity contribution in [2.75, 3.05) is 0 Å². The van der Waals surface area contributed by atoms with E-state index < -0.39 is 0 Å². The van der Waals surface area contributed by atoms with Gasteiger partial charge in [-0.3, -0.25) is 0 Å². The number of hydrogen-bond acceptors (Lipinski definition) is 6. The highest BCUT2D eigenvalue weighted by atomic mass is 16.8. The quantitative estimate of drug-likeness (QED) is 0.503. The third-order valence-corrected chi connectivity index (χ3v) is 1.93. The van der Waals surface area contributed by atoms with Crippen molar-refractivity contribution in [1.82, 2.24) is 15.2 Å². The fourth-order valence-electron chi connectivity index (χ4n) is 1.29. The molecule has 14 heavy (non-hydrogen) atoms. The highest BCUT2D eigenvalue weighted by Crippen LogP contribution is 2.18. The van der Waals surface area contributed by atoms with E-state index in [1.807, 2.05) is 0 Å². The number of hydrogen-bond donors (Lipinski definition) is 1. The molecule has 8 nitrogen and oxygen atoms in total. The first-order valence-electron chi connectivity index (χ1n) is 3.67. The molecule has 0 atom stereocenters. The number of rotatable bonds is 0. The molecule has 0 unspecified atom stereocenters. The van der Waals surface area contributed by atoms with Gasteiger partial charge < -0.3 is 5.21 Å². The molecule has 0 amide bonds. The lowest BCUT2D eigenvalue weighted by atomic mass is 10.3. The number of aromatic nitrogens is 4. The molecule has 0 aliphatic rings. The predicted octanol–water partition coefficient (Wildman–Crippen LogP) is -0.0777. The predicted molar refractivity (Wildman–Crippen MR) is 40.1 cm³/mol. The van der Waals surface area contributed by atoms with Crippen molar-refractivity contribution in [2.24, 2.45) is 0 Å². The van der Waals surface area contributed by atoms with Gasteiger partial charge in [0.2, 0.25) is 0 Å². The molecule has 70 valence electrons. The second kappa shape index (κ2) is 2.10. The molecule has 0 aliphatic carbocycles. The van der Waals surface area contributed by atoms with E-state index in [9.17, 15) is 4.91 Å². The first-order chi connectivity index (χ1) is 6.77. The van der Waals surface area contributed by atoms with Crippen molar-refractivity contribution in [3.8, 4) is 0 Å². The molecule has 3 aromatic rings. The minimum Gasteiger partial charge on any atom is -0.399 e. The van der Waals surface area contributed by atoms with Crippen LogP contribution in [0.25, 0.3) is 22.1 Å². The van der Waals surface area contributed by atoms with Gasteiger partial charge in [0.25, 0.3) is 5.52 Å². The zero-order valence-corrected chi connectivity index (χ0v) is 6.62. The van der Waals surface area contributed by atoms with Gasteiger partial charge in [-0.2, -0.15) is 0 Å². The van der Waals surface area contributed by atoms with Crippen molar-refractivity contribution < 1.29 is 19.1 Å². The Morgan fingerprint density at radius 3 is 3.07 bits per heavy atom. The normalized spacial score (nSPS) is 11.4. The van der Waals surface area contributed by atoms with Gasteiger partial charge in [0, 0.05) is 6.07 Å². The van der Waals surface area contributed by atoms with Gasteiger partial charge in [-0.05, 0) is 25.7 Å². The Balaban J connectivity index is 2.68. The molecule has 0 saturated carbocycles. The molecule has 0 fully saturated rings. The second-order valence-corrected chi connectivity index (χ2v) is 2.68. The minimum atomic E-state index is 0.228. The molecule has 2 aromatic heterocycles. The molecule has 0 aliphatic heterocycles. The van der Waals surface area contributed by atoms with Crippen LogP contribution in [0.1, 0.15) is 0 Å². The Kier molecular flexibility index (Phi) is 1.06. The third-order valence-electron chi connectivity index (χ3n) is 1.93. The highest BCUT2D eigenvalue weighted by Gasteiger charge is 2.21. The summed E-state index contributed by atoms with van der Waals surface area (Å²) in [6.07, 6.45) is 0. The maximum Gasteiger partial charge on any atom is 0.310 e. The molecule has 0 spiro atoms. The topological polar surface area (TPSA) is 100 Å². The fraction of sp³-hybridized carbons (Fsp3) is 0. The van der Waals surface area contributed by atoms with Crippen LogP contribution in [-0.2, 0) is 0 Å². The van der Waals surface area contributed by atoms with E-state index in [1.165, 1.54) is 12.1 Å². The van der Waals surface area contributed by atoms with Gasteiger partial charge in [0.15, 0.2) is 20.8 Å². The summed E-state index contributed by atoms with van der Waals surface area (Å²) in [6.45, 7) is 0. The van der Waals surface area contributed by atoms with Crippen LogP contribution >= 0.6 is 0 Å². The average Bonchev–Trinajstić information content (AvgIpc) is 2.72. The molecule has 3 rings (SSSR count). The monoisotopic (exact) mass is 195 g/mol. The molecular formula is C6H3N4O4+. The fourth-order valence-corrected chi connectivity index (χ4v) is 1.29. The lowest BCUT2D eigenvalue weighted by molar-refractivity contribution is -0.692. The van der Waals surface area contributed by atoms with Crippen molar-refractivity contribution in [1.29, 1.82) is 0 Å². The molecular weight excluding hydrogens is 192 g/mol. The van der Waals surface area contributed by atoms with Crippen LogP contribution in [0.4, 0.5) is 0 Å². The molecule has 1 aromatic carbocycles. The summed E-state index contributed by atoms with van der Waals surface area (Å²) < 4.78 is 9.09. The summed E-state index contributed by atoms with van der Waals surface area (Å²) in [5.41, 5.74) is 1.05. The van der Waals surface area contributed by atoms with E-state index in [-0.39, 0.29) is 21.1 Å². The molecule has 0 saturated heterocycles. The maximum absolute atomic E-state index is 11.0. The Bertz CT molecular complexity index is 678. The summed E-state index contributed by atoms with van der Waals surface area (Å²) in [6, 6.07) is 2.92. The van der Waals surface area contributed by atoms with Crippen LogP contribution in [-0.4, -0.2) is 20.4 Å². The zero-order chi connectivity index (χ0) is 9.71. The van der Waals surface area contributed by atoms with E-state index in [2.05, 4.69) is 19.6 Å². The van der Waals surface area contributed by atoms with Gasteiger partial charge in [0.1, 0.15) is 0 Å². The first kappa shape index (κ1) is 7.06. The van der Waals surface area contributed by atoms with E-state index in [1.54, 1.807) is 0 Å². The van der Waals surface area contributed by atoms with Crippen LogP contribution in [0, 0.1) is 4.91 Å². The van der Waals surface area contributed by atoms with E-state index in [4.69, 9.17) is 5.21 Å². The lowest BCUT2D eigenvalue weighted by Gasteiger charge is -1.83. The summed E-state index contributed by atoms with van der Waals surface area (Å²) in [5, 5.41) is 16.1. The molecule has 0 radical (unpaired) electrons. The molecule has 0 bridgehead atoms. The van der Waals surface area contributed by atoms with Crippen molar-refractivity contribution >= 4 is 22.1 Å². The summed E-state index contributed by atoms with van der Waals surface area (Å²) >= 11 is 0. The first-order valence-corrected chi connectivity index (χ1v) is 3.67. The van der Waals surface area contributed by atoms with Crippen molar-refractivity contribution in [3.63, 3.8) is 0 Å². The smallest absolute Gasteiger partial charge is 0.310 e. The lowest BCUT2D eigenvalue weighted by Crippen LogP contribution is -2.08. The van der Waals surface area contributed by atoms with Crippen molar-refractivity contribution in [3.05, 3.63) is 17.0 Å². The largest absolute Gasteiger partial charge is 0.399 e. The Hall–Kier alpha value is -2.38. The Morgan fingerprint density at radius 2 is 2.21 bits per heavy atom. The van der Waals surface area contributed by atoms with E-state index in [0.29, 0.717) is 10.4 Å². The van der Waals surface area contributed by atoms with E-state index in [0.717, 1.165) is 0 Å². The van der Waals surface area contributed by atoms with Gasteiger partial charge in [-0.1, -0.05) is 0 Å².